The van der Waals surface area contributed by atoms with Crippen LogP contribution >= 0.6 is 11.6 Å². The molecule has 26 heavy (non-hydrogen) atoms. The van der Waals surface area contributed by atoms with Gasteiger partial charge in [-0.2, -0.15) is 0 Å². The smallest absolute Gasteiger partial charge is 0.254 e. The highest BCUT2D eigenvalue weighted by atomic mass is 35.5. The maximum absolute atomic E-state index is 12.6. The van der Waals surface area contributed by atoms with Crippen LogP contribution in [-0.4, -0.2) is 34.3 Å². The Labute approximate surface area is 158 Å². The molecule has 138 valence electrons. The first-order valence-corrected chi connectivity index (χ1v) is 9.22. The normalized spacial score (nSPS) is 16.1. The van der Waals surface area contributed by atoms with Crippen molar-refractivity contribution in [3.8, 4) is 0 Å². The van der Waals surface area contributed by atoms with Gasteiger partial charge in [-0.3, -0.25) is 4.79 Å². The van der Waals surface area contributed by atoms with E-state index in [9.17, 15) is 9.90 Å². The van der Waals surface area contributed by atoms with E-state index in [1.54, 1.807) is 24.4 Å². The second-order valence-electron chi connectivity index (χ2n) is 6.61. The fraction of sp³-hybridized carbons (Fsp3) is 0.421. The van der Waals surface area contributed by atoms with E-state index in [4.69, 9.17) is 11.6 Å². The molecule has 0 saturated heterocycles. The molecule has 1 amide bonds. The molecule has 1 unspecified atom stereocenters. The van der Waals surface area contributed by atoms with Crippen molar-refractivity contribution in [1.82, 2.24) is 15.3 Å². The minimum atomic E-state index is -0.845. The van der Waals surface area contributed by atoms with E-state index >= 15 is 0 Å². The third kappa shape index (κ3) is 4.31. The molecule has 0 aliphatic heterocycles. The number of amides is 1. The highest BCUT2D eigenvalue weighted by Gasteiger charge is 2.24. The number of halogens is 1. The molecular weight excluding hydrogens is 352 g/mol. The van der Waals surface area contributed by atoms with Crippen molar-refractivity contribution in [1.29, 1.82) is 0 Å². The Kier molecular flexibility index (Phi) is 6.06. The molecule has 1 aromatic carbocycles. The number of carbonyl (C=O) groups excluding carboxylic acids is 1. The average Bonchev–Trinajstić information content (AvgIpc) is 2.69. The first kappa shape index (κ1) is 18.6. The minimum absolute atomic E-state index is 0.110. The summed E-state index contributed by atoms with van der Waals surface area (Å²) in [4.78, 5) is 22.6. The molecule has 7 heteroatoms. The van der Waals surface area contributed by atoms with Gasteiger partial charge < -0.3 is 15.3 Å². The van der Waals surface area contributed by atoms with Crippen LogP contribution in [0.1, 0.15) is 42.5 Å². The quantitative estimate of drug-likeness (QED) is 0.783. The van der Waals surface area contributed by atoms with Crippen molar-refractivity contribution in [3.63, 3.8) is 0 Å². The Morgan fingerprint density at radius 2 is 2.08 bits per heavy atom. The first-order chi connectivity index (χ1) is 12.6. The van der Waals surface area contributed by atoms with Crippen LogP contribution in [-0.2, 0) is 0 Å². The lowest BCUT2D eigenvalue weighted by molar-refractivity contribution is 0.0463. The predicted molar refractivity (Wildman–Crippen MR) is 102 cm³/mol. The van der Waals surface area contributed by atoms with Gasteiger partial charge in [0.2, 0.25) is 0 Å². The summed E-state index contributed by atoms with van der Waals surface area (Å²) < 4.78 is 0. The molecule has 1 aliphatic carbocycles. The number of nitrogens with zero attached hydrogens (tertiary/aromatic N) is 3. The van der Waals surface area contributed by atoms with Crippen molar-refractivity contribution < 1.29 is 9.90 Å². The molecule has 1 aliphatic rings. The Morgan fingerprint density at radius 3 is 2.77 bits per heavy atom. The molecule has 1 aromatic heterocycles. The third-order valence-corrected chi connectivity index (χ3v) is 5.20. The number of rotatable bonds is 5. The SMILES string of the molecule is CN(c1ccc(Cl)c(C(=O)NC(O)C2CCCCC2)c1)c1ccncn1. The van der Waals surface area contributed by atoms with Crippen LogP contribution in [0.3, 0.4) is 0 Å². The lowest BCUT2D eigenvalue weighted by Gasteiger charge is -2.27. The fourth-order valence-corrected chi connectivity index (χ4v) is 3.49. The minimum Gasteiger partial charge on any atom is -0.373 e. The molecule has 0 radical (unpaired) electrons. The number of aliphatic hydroxyl groups excluding tert-OH is 1. The zero-order chi connectivity index (χ0) is 18.5. The molecule has 1 heterocycles. The van der Waals surface area contributed by atoms with Crippen LogP contribution in [0.4, 0.5) is 11.5 Å². The van der Waals surface area contributed by atoms with Gasteiger partial charge in [-0.15, -0.1) is 0 Å². The summed E-state index contributed by atoms with van der Waals surface area (Å²) in [5.74, 6) is 0.445. The number of aromatic nitrogens is 2. The molecule has 2 aromatic rings. The van der Waals surface area contributed by atoms with Crippen molar-refractivity contribution >= 4 is 29.0 Å². The van der Waals surface area contributed by atoms with E-state index in [1.807, 2.05) is 18.0 Å². The zero-order valence-electron chi connectivity index (χ0n) is 14.7. The summed E-state index contributed by atoms with van der Waals surface area (Å²) in [6, 6.07) is 6.98. The summed E-state index contributed by atoms with van der Waals surface area (Å²) in [7, 11) is 1.85. The van der Waals surface area contributed by atoms with Gasteiger partial charge in [0.1, 0.15) is 18.4 Å². The number of aliphatic hydroxyl groups is 1. The summed E-state index contributed by atoms with van der Waals surface area (Å²) in [5, 5.41) is 13.4. The van der Waals surface area contributed by atoms with Crippen LogP contribution < -0.4 is 10.2 Å². The molecule has 0 bridgehead atoms. The zero-order valence-corrected chi connectivity index (χ0v) is 15.5. The topological polar surface area (TPSA) is 78.4 Å². The Hall–Kier alpha value is -2.18. The fourth-order valence-electron chi connectivity index (χ4n) is 3.29. The van der Waals surface area contributed by atoms with Gasteiger partial charge in [0.15, 0.2) is 0 Å². The van der Waals surface area contributed by atoms with E-state index in [0.29, 0.717) is 16.4 Å². The van der Waals surface area contributed by atoms with Gasteiger partial charge in [-0.1, -0.05) is 30.9 Å². The first-order valence-electron chi connectivity index (χ1n) is 8.84. The highest BCUT2D eigenvalue weighted by Crippen LogP contribution is 2.28. The van der Waals surface area contributed by atoms with E-state index in [2.05, 4.69) is 15.3 Å². The van der Waals surface area contributed by atoms with E-state index in [0.717, 1.165) is 31.4 Å². The molecule has 1 fully saturated rings. The average molecular weight is 375 g/mol. The van der Waals surface area contributed by atoms with Crippen molar-refractivity contribution in [2.75, 3.05) is 11.9 Å². The van der Waals surface area contributed by atoms with Crippen LogP contribution in [0.15, 0.2) is 36.8 Å². The molecule has 0 spiro atoms. The summed E-state index contributed by atoms with van der Waals surface area (Å²) in [6.45, 7) is 0. The Balaban J connectivity index is 1.75. The second kappa shape index (κ2) is 8.47. The number of anilines is 2. The maximum atomic E-state index is 12.6. The van der Waals surface area contributed by atoms with Crippen LogP contribution in [0.2, 0.25) is 5.02 Å². The Morgan fingerprint density at radius 1 is 1.31 bits per heavy atom. The third-order valence-electron chi connectivity index (χ3n) is 4.87. The molecule has 3 rings (SSSR count). The standard InChI is InChI=1S/C19H23ClN4O2/c1-24(17-9-10-21-12-22-17)14-7-8-16(20)15(11-14)19(26)23-18(25)13-5-3-2-4-6-13/h7-13,18,25H,2-6H2,1H3,(H,23,26). The van der Waals surface area contributed by atoms with E-state index in [1.165, 1.54) is 12.7 Å². The number of hydrogen-bond donors (Lipinski definition) is 2. The lowest BCUT2D eigenvalue weighted by atomic mass is 9.88. The summed E-state index contributed by atoms with van der Waals surface area (Å²) in [5.41, 5.74) is 1.10. The van der Waals surface area contributed by atoms with Crippen LogP contribution in [0, 0.1) is 5.92 Å². The number of carbonyl (C=O) groups is 1. The monoisotopic (exact) mass is 374 g/mol. The van der Waals surface area contributed by atoms with Crippen LogP contribution in [0.5, 0.6) is 0 Å². The molecule has 2 N–H and O–H groups in total. The van der Waals surface area contributed by atoms with E-state index < -0.39 is 6.23 Å². The van der Waals surface area contributed by atoms with Gasteiger partial charge >= 0.3 is 0 Å². The summed E-state index contributed by atoms with van der Waals surface area (Å²) >= 11 is 6.22. The Bertz CT molecular complexity index is 750. The molecule has 1 saturated carbocycles. The predicted octanol–water partition coefficient (Wildman–Crippen LogP) is 3.53. The van der Waals surface area contributed by atoms with Gasteiger partial charge in [-0.05, 0) is 37.1 Å². The summed E-state index contributed by atoms with van der Waals surface area (Å²) in [6.07, 6.45) is 7.54. The molecular formula is C19H23ClN4O2. The second-order valence-corrected chi connectivity index (χ2v) is 7.01. The lowest BCUT2D eigenvalue weighted by Crippen LogP contribution is -2.41. The van der Waals surface area contributed by atoms with E-state index in [-0.39, 0.29) is 11.8 Å². The number of nitrogens with one attached hydrogen (secondary N) is 1. The van der Waals surface area contributed by atoms with Crippen molar-refractivity contribution in [2.45, 2.75) is 38.3 Å². The number of hydrogen-bond acceptors (Lipinski definition) is 5. The van der Waals surface area contributed by atoms with Gasteiger partial charge in [-0.25, -0.2) is 9.97 Å². The van der Waals surface area contributed by atoms with Gasteiger partial charge in [0.25, 0.3) is 5.91 Å². The number of benzene rings is 1. The van der Waals surface area contributed by atoms with Crippen molar-refractivity contribution in [3.05, 3.63) is 47.4 Å². The van der Waals surface area contributed by atoms with Crippen molar-refractivity contribution in [2.24, 2.45) is 5.92 Å². The largest absolute Gasteiger partial charge is 0.373 e. The molecule has 6 nitrogen and oxygen atoms in total. The molecule has 1 atom stereocenters. The van der Waals surface area contributed by atoms with Gasteiger partial charge in [0.05, 0.1) is 10.6 Å². The van der Waals surface area contributed by atoms with Crippen LogP contribution in [0.25, 0.3) is 0 Å². The maximum Gasteiger partial charge on any atom is 0.254 e. The highest BCUT2D eigenvalue weighted by molar-refractivity contribution is 6.34. The van der Waals surface area contributed by atoms with Gasteiger partial charge in [0, 0.05) is 24.8 Å².